The van der Waals surface area contributed by atoms with Gasteiger partial charge in [0.05, 0.1) is 5.92 Å². The first-order valence-corrected chi connectivity index (χ1v) is 5.34. The second-order valence-electron chi connectivity index (χ2n) is 3.95. The molecule has 13 heavy (non-hydrogen) atoms. The lowest BCUT2D eigenvalue weighted by Gasteiger charge is -2.16. The molecule has 78 valence electrons. The van der Waals surface area contributed by atoms with Crippen molar-refractivity contribution in [1.29, 1.82) is 0 Å². The molecule has 2 nitrogen and oxygen atoms in total. The van der Waals surface area contributed by atoms with Gasteiger partial charge in [0, 0.05) is 0 Å². The Bertz CT molecular complexity index is 143. The van der Waals surface area contributed by atoms with Crippen LogP contribution in [0.3, 0.4) is 0 Å². The number of carboxylic acid groups (broad SMARTS) is 1. The number of carbonyl (C=O) groups is 1. The summed E-state index contributed by atoms with van der Waals surface area (Å²) in [4.78, 5) is 10.8. The van der Waals surface area contributed by atoms with Crippen LogP contribution >= 0.6 is 0 Å². The van der Waals surface area contributed by atoms with Gasteiger partial charge >= 0.3 is 5.97 Å². The second kappa shape index (κ2) is 6.93. The van der Waals surface area contributed by atoms with E-state index in [0.29, 0.717) is 5.92 Å². The molecular weight excluding hydrogens is 164 g/mol. The van der Waals surface area contributed by atoms with Gasteiger partial charge in [-0.05, 0) is 18.8 Å². The molecule has 0 spiro atoms. The summed E-state index contributed by atoms with van der Waals surface area (Å²) in [5.41, 5.74) is 0. The summed E-state index contributed by atoms with van der Waals surface area (Å²) in [6.45, 7) is 6.33. The smallest absolute Gasteiger partial charge is 0.306 e. The van der Waals surface area contributed by atoms with E-state index in [4.69, 9.17) is 5.11 Å². The van der Waals surface area contributed by atoms with E-state index in [1.165, 1.54) is 0 Å². The molecule has 2 heteroatoms. The van der Waals surface area contributed by atoms with Gasteiger partial charge in [0.1, 0.15) is 0 Å². The van der Waals surface area contributed by atoms with Gasteiger partial charge < -0.3 is 5.11 Å². The summed E-state index contributed by atoms with van der Waals surface area (Å²) in [6.07, 6.45) is 4.93. The van der Waals surface area contributed by atoms with Gasteiger partial charge in [0.25, 0.3) is 0 Å². The van der Waals surface area contributed by atoms with Crippen LogP contribution in [-0.2, 0) is 4.79 Å². The van der Waals surface area contributed by atoms with Crippen molar-refractivity contribution in [2.75, 3.05) is 0 Å². The predicted octanol–water partition coefficient (Wildman–Crippen LogP) is 3.31. The molecule has 0 radical (unpaired) electrons. The van der Waals surface area contributed by atoms with Gasteiger partial charge in [0.2, 0.25) is 0 Å². The molecule has 0 rings (SSSR count). The zero-order valence-electron chi connectivity index (χ0n) is 9.05. The molecule has 0 bridgehead atoms. The van der Waals surface area contributed by atoms with Crippen LogP contribution in [0.4, 0.5) is 0 Å². The molecule has 0 aromatic heterocycles. The lowest BCUT2D eigenvalue weighted by atomic mass is 9.90. The van der Waals surface area contributed by atoms with Crippen molar-refractivity contribution >= 4 is 5.97 Å². The highest BCUT2D eigenvalue weighted by Gasteiger charge is 2.18. The molecule has 0 aromatic carbocycles. The number of aliphatic carboxylic acids is 1. The van der Waals surface area contributed by atoms with E-state index in [0.717, 1.165) is 32.1 Å². The highest BCUT2D eigenvalue weighted by molar-refractivity contribution is 5.69. The molecule has 0 aromatic rings. The highest BCUT2D eigenvalue weighted by atomic mass is 16.4. The van der Waals surface area contributed by atoms with Crippen LogP contribution in [0.2, 0.25) is 0 Å². The Kier molecular flexibility index (Phi) is 6.65. The largest absolute Gasteiger partial charge is 0.481 e. The molecule has 0 heterocycles. The maximum Gasteiger partial charge on any atom is 0.306 e. The topological polar surface area (TPSA) is 37.3 Å². The fraction of sp³-hybridized carbons (Fsp3) is 0.909. The van der Waals surface area contributed by atoms with Crippen LogP contribution < -0.4 is 0 Å². The fourth-order valence-electron chi connectivity index (χ4n) is 1.79. The SMILES string of the molecule is CCCC(C)CC(CCC)C(=O)O. The minimum atomic E-state index is -0.621. The monoisotopic (exact) mass is 186 g/mol. The Balaban J connectivity index is 3.86. The fourth-order valence-corrected chi connectivity index (χ4v) is 1.79. The van der Waals surface area contributed by atoms with Crippen molar-refractivity contribution < 1.29 is 9.90 Å². The zero-order chi connectivity index (χ0) is 10.3. The van der Waals surface area contributed by atoms with E-state index in [9.17, 15) is 4.79 Å². The van der Waals surface area contributed by atoms with Crippen molar-refractivity contribution in [1.82, 2.24) is 0 Å². The molecule has 0 aliphatic rings. The van der Waals surface area contributed by atoms with Crippen LogP contribution in [-0.4, -0.2) is 11.1 Å². The predicted molar refractivity (Wildman–Crippen MR) is 54.7 cm³/mol. The molecule has 2 atom stereocenters. The standard InChI is InChI=1S/C11H22O2/c1-4-6-9(3)8-10(7-5-2)11(12)13/h9-10H,4-8H2,1-3H3,(H,12,13). The summed E-state index contributed by atoms with van der Waals surface area (Å²) < 4.78 is 0. The molecule has 0 saturated heterocycles. The van der Waals surface area contributed by atoms with Gasteiger partial charge in [0.15, 0.2) is 0 Å². The summed E-state index contributed by atoms with van der Waals surface area (Å²) >= 11 is 0. The third-order valence-corrected chi connectivity index (χ3v) is 2.45. The van der Waals surface area contributed by atoms with E-state index < -0.39 is 5.97 Å². The molecule has 0 fully saturated rings. The highest BCUT2D eigenvalue weighted by Crippen LogP contribution is 2.20. The molecular formula is C11H22O2. The average molecular weight is 186 g/mol. The summed E-state index contributed by atoms with van der Waals surface area (Å²) in [7, 11) is 0. The second-order valence-corrected chi connectivity index (χ2v) is 3.95. The number of hydrogen-bond acceptors (Lipinski definition) is 1. The van der Waals surface area contributed by atoms with Crippen LogP contribution in [0, 0.1) is 11.8 Å². The number of hydrogen-bond donors (Lipinski definition) is 1. The maximum atomic E-state index is 10.8. The molecule has 1 N–H and O–H groups in total. The third kappa shape index (κ3) is 5.67. The van der Waals surface area contributed by atoms with Crippen LogP contribution in [0.15, 0.2) is 0 Å². The Labute approximate surface area is 81.3 Å². The molecule has 0 aliphatic carbocycles. The van der Waals surface area contributed by atoms with Gasteiger partial charge in [-0.25, -0.2) is 0 Å². The van der Waals surface area contributed by atoms with Crippen molar-refractivity contribution in [2.24, 2.45) is 11.8 Å². The van der Waals surface area contributed by atoms with Gasteiger partial charge in [-0.2, -0.15) is 0 Å². The number of carboxylic acids is 1. The zero-order valence-corrected chi connectivity index (χ0v) is 9.05. The summed E-state index contributed by atoms with van der Waals surface area (Å²) in [5.74, 6) is -0.186. The first kappa shape index (κ1) is 12.5. The molecule has 0 saturated carbocycles. The van der Waals surface area contributed by atoms with E-state index >= 15 is 0 Å². The van der Waals surface area contributed by atoms with Crippen molar-refractivity contribution in [3.63, 3.8) is 0 Å². The minimum absolute atomic E-state index is 0.119. The van der Waals surface area contributed by atoms with Crippen molar-refractivity contribution in [3.05, 3.63) is 0 Å². The van der Waals surface area contributed by atoms with Gasteiger partial charge in [-0.1, -0.05) is 40.0 Å². The maximum absolute atomic E-state index is 10.8. The number of rotatable bonds is 7. The third-order valence-electron chi connectivity index (χ3n) is 2.45. The Morgan fingerprint density at radius 3 is 2.15 bits per heavy atom. The molecule has 0 amide bonds. The normalized spacial score (nSPS) is 15.3. The van der Waals surface area contributed by atoms with Gasteiger partial charge in [-0.15, -0.1) is 0 Å². The van der Waals surface area contributed by atoms with Crippen LogP contribution in [0.5, 0.6) is 0 Å². The van der Waals surface area contributed by atoms with E-state index in [2.05, 4.69) is 13.8 Å². The lowest BCUT2D eigenvalue weighted by Crippen LogP contribution is -2.16. The summed E-state index contributed by atoms with van der Waals surface area (Å²) in [5, 5.41) is 8.92. The Morgan fingerprint density at radius 2 is 1.77 bits per heavy atom. The molecule has 2 unspecified atom stereocenters. The van der Waals surface area contributed by atoms with Crippen LogP contribution in [0.1, 0.15) is 52.9 Å². The van der Waals surface area contributed by atoms with Crippen LogP contribution in [0.25, 0.3) is 0 Å². The Hall–Kier alpha value is -0.530. The van der Waals surface area contributed by atoms with Crippen molar-refractivity contribution in [2.45, 2.75) is 52.9 Å². The van der Waals surface area contributed by atoms with E-state index in [1.807, 2.05) is 6.92 Å². The van der Waals surface area contributed by atoms with E-state index in [-0.39, 0.29) is 5.92 Å². The first-order valence-electron chi connectivity index (χ1n) is 5.34. The van der Waals surface area contributed by atoms with E-state index in [1.54, 1.807) is 0 Å². The molecule has 0 aliphatic heterocycles. The first-order chi connectivity index (χ1) is 6.11. The van der Waals surface area contributed by atoms with Gasteiger partial charge in [-0.3, -0.25) is 4.79 Å². The quantitative estimate of drug-likeness (QED) is 0.662. The average Bonchev–Trinajstić information content (AvgIpc) is 2.04. The Morgan fingerprint density at radius 1 is 1.23 bits per heavy atom. The summed E-state index contributed by atoms with van der Waals surface area (Å²) in [6, 6.07) is 0. The minimum Gasteiger partial charge on any atom is -0.481 e. The van der Waals surface area contributed by atoms with Crippen molar-refractivity contribution in [3.8, 4) is 0 Å². The lowest BCUT2D eigenvalue weighted by molar-refractivity contribution is -0.142.